The lowest BCUT2D eigenvalue weighted by Gasteiger charge is -2.07. The van der Waals surface area contributed by atoms with Crippen LogP contribution in [-0.2, 0) is 0 Å². The largest absolute Gasteiger partial charge is 0.506 e. The molecule has 4 rings (SSSR count). The smallest absolute Gasteiger partial charge is 0.230 e. The number of aromatic hydroxyl groups is 1. The molecule has 2 N–H and O–H groups in total. The van der Waals surface area contributed by atoms with Crippen LogP contribution < -0.4 is 5.32 Å². The third-order valence-electron chi connectivity index (χ3n) is 3.40. The number of rotatable bonds is 3. The predicted molar refractivity (Wildman–Crippen MR) is 91.4 cm³/mol. The molecule has 2 aromatic heterocycles. The van der Waals surface area contributed by atoms with Crippen LogP contribution in [-0.4, -0.2) is 20.1 Å². The van der Waals surface area contributed by atoms with E-state index in [0.29, 0.717) is 33.7 Å². The standard InChI is InChI=1S/C17H11ClN4O2/c18-11-5-6-14(23)13(7-11)22-17-19-8-10(9-20-17)16-21-12-3-1-2-4-15(12)24-16/h1-9,23H,(H,19,20,22). The maximum atomic E-state index is 9.81. The van der Waals surface area contributed by atoms with Gasteiger partial charge < -0.3 is 14.8 Å². The van der Waals surface area contributed by atoms with E-state index in [1.807, 2.05) is 24.3 Å². The fraction of sp³-hybridized carbons (Fsp3) is 0. The van der Waals surface area contributed by atoms with E-state index in [9.17, 15) is 5.11 Å². The minimum absolute atomic E-state index is 0.0611. The Hall–Kier alpha value is -3.12. The highest BCUT2D eigenvalue weighted by atomic mass is 35.5. The SMILES string of the molecule is Oc1ccc(Cl)cc1Nc1ncc(-c2nc3ccccc3o2)cn1. The van der Waals surface area contributed by atoms with Crippen LogP contribution in [0.15, 0.2) is 59.3 Å². The lowest BCUT2D eigenvalue weighted by molar-refractivity contribution is 0.477. The summed E-state index contributed by atoms with van der Waals surface area (Å²) in [5.74, 6) is 0.840. The zero-order valence-corrected chi connectivity index (χ0v) is 13.0. The van der Waals surface area contributed by atoms with E-state index in [4.69, 9.17) is 16.0 Å². The number of hydrogen-bond donors (Lipinski definition) is 2. The number of fused-ring (bicyclic) bond motifs is 1. The summed E-state index contributed by atoms with van der Waals surface area (Å²) in [4.78, 5) is 12.8. The highest BCUT2D eigenvalue weighted by Gasteiger charge is 2.10. The Bertz CT molecular complexity index is 982. The fourth-order valence-electron chi connectivity index (χ4n) is 2.23. The quantitative estimate of drug-likeness (QED) is 0.539. The molecule has 0 unspecified atom stereocenters. The van der Waals surface area contributed by atoms with Crippen LogP contribution in [0.25, 0.3) is 22.6 Å². The Balaban J connectivity index is 1.61. The van der Waals surface area contributed by atoms with Gasteiger partial charge in [0.1, 0.15) is 11.3 Å². The maximum absolute atomic E-state index is 9.81. The van der Waals surface area contributed by atoms with Gasteiger partial charge in [0, 0.05) is 17.4 Å². The number of aromatic nitrogens is 3. The number of phenolic OH excluding ortho intramolecular Hbond substituents is 1. The van der Waals surface area contributed by atoms with E-state index >= 15 is 0 Å². The predicted octanol–water partition coefficient (Wildman–Crippen LogP) is 4.39. The highest BCUT2D eigenvalue weighted by Crippen LogP contribution is 2.29. The summed E-state index contributed by atoms with van der Waals surface area (Å²) in [5.41, 5.74) is 2.57. The Morgan fingerprint density at radius 3 is 2.62 bits per heavy atom. The number of halogens is 1. The third kappa shape index (κ3) is 2.75. The first-order chi connectivity index (χ1) is 11.7. The van der Waals surface area contributed by atoms with Crippen LogP contribution in [0.4, 0.5) is 11.6 Å². The summed E-state index contributed by atoms with van der Waals surface area (Å²) in [7, 11) is 0. The number of hydrogen-bond acceptors (Lipinski definition) is 6. The van der Waals surface area contributed by atoms with Gasteiger partial charge in [0.05, 0.1) is 11.3 Å². The van der Waals surface area contributed by atoms with Gasteiger partial charge >= 0.3 is 0 Å². The molecule has 0 atom stereocenters. The molecule has 0 radical (unpaired) electrons. The number of anilines is 2. The van der Waals surface area contributed by atoms with Crippen molar-refractivity contribution in [3.05, 3.63) is 59.9 Å². The highest BCUT2D eigenvalue weighted by molar-refractivity contribution is 6.30. The van der Waals surface area contributed by atoms with Crippen LogP contribution in [0.1, 0.15) is 0 Å². The molecule has 0 saturated carbocycles. The minimum Gasteiger partial charge on any atom is -0.506 e. The zero-order chi connectivity index (χ0) is 16.5. The number of phenols is 1. The number of oxazole rings is 1. The Kier molecular flexibility index (Phi) is 3.51. The number of benzene rings is 2. The van der Waals surface area contributed by atoms with Gasteiger partial charge in [-0.1, -0.05) is 23.7 Å². The van der Waals surface area contributed by atoms with Crippen LogP contribution in [0, 0.1) is 0 Å². The van der Waals surface area contributed by atoms with Gasteiger partial charge in [-0.15, -0.1) is 0 Å². The van der Waals surface area contributed by atoms with Gasteiger partial charge in [-0.05, 0) is 30.3 Å². The van der Waals surface area contributed by atoms with Crippen molar-refractivity contribution < 1.29 is 9.52 Å². The van der Waals surface area contributed by atoms with Crippen LogP contribution >= 0.6 is 11.6 Å². The van der Waals surface area contributed by atoms with Crippen LogP contribution in [0.5, 0.6) is 5.75 Å². The molecule has 6 nitrogen and oxygen atoms in total. The second-order valence-electron chi connectivity index (χ2n) is 5.07. The zero-order valence-electron chi connectivity index (χ0n) is 12.3. The molecule has 0 bridgehead atoms. The molecule has 118 valence electrons. The van der Waals surface area contributed by atoms with Crippen molar-refractivity contribution >= 4 is 34.3 Å². The molecule has 0 spiro atoms. The Labute approximate surface area is 141 Å². The van der Waals surface area contributed by atoms with E-state index in [-0.39, 0.29) is 5.75 Å². The van der Waals surface area contributed by atoms with E-state index in [0.717, 1.165) is 5.52 Å². The van der Waals surface area contributed by atoms with Gasteiger partial charge in [0.15, 0.2) is 5.58 Å². The third-order valence-corrected chi connectivity index (χ3v) is 3.63. The second-order valence-corrected chi connectivity index (χ2v) is 5.50. The average molecular weight is 339 g/mol. The molecule has 0 aliphatic rings. The van der Waals surface area contributed by atoms with E-state index in [2.05, 4.69) is 20.3 Å². The van der Waals surface area contributed by atoms with Crippen molar-refractivity contribution in [1.29, 1.82) is 0 Å². The van der Waals surface area contributed by atoms with Gasteiger partial charge in [-0.2, -0.15) is 0 Å². The number of nitrogens with one attached hydrogen (secondary N) is 1. The topological polar surface area (TPSA) is 84.1 Å². The van der Waals surface area contributed by atoms with Gasteiger partial charge in [-0.25, -0.2) is 15.0 Å². The van der Waals surface area contributed by atoms with E-state index in [1.54, 1.807) is 24.5 Å². The molecule has 0 aliphatic heterocycles. The molecule has 0 aliphatic carbocycles. The van der Waals surface area contributed by atoms with Crippen molar-refractivity contribution in [3.63, 3.8) is 0 Å². The number of para-hydroxylation sites is 2. The molecular formula is C17H11ClN4O2. The Morgan fingerprint density at radius 1 is 1.04 bits per heavy atom. The molecule has 0 saturated heterocycles. The van der Waals surface area contributed by atoms with Gasteiger partial charge in [0.25, 0.3) is 0 Å². The lowest BCUT2D eigenvalue weighted by atomic mass is 10.3. The summed E-state index contributed by atoms with van der Waals surface area (Å²) >= 11 is 5.91. The first-order valence-electron chi connectivity index (χ1n) is 7.12. The molecule has 2 heterocycles. The summed E-state index contributed by atoms with van der Waals surface area (Å²) in [5, 5.41) is 13.2. The minimum atomic E-state index is 0.0611. The molecule has 24 heavy (non-hydrogen) atoms. The van der Waals surface area contributed by atoms with Crippen molar-refractivity contribution in [3.8, 4) is 17.2 Å². The monoisotopic (exact) mass is 338 g/mol. The molecular weight excluding hydrogens is 328 g/mol. The molecule has 0 fully saturated rings. The van der Waals surface area contributed by atoms with Gasteiger partial charge in [-0.3, -0.25) is 0 Å². The van der Waals surface area contributed by atoms with Crippen molar-refractivity contribution in [2.45, 2.75) is 0 Å². The molecule has 4 aromatic rings. The lowest BCUT2D eigenvalue weighted by Crippen LogP contribution is -1.97. The van der Waals surface area contributed by atoms with Crippen molar-refractivity contribution in [2.75, 3.05) is 5.32 Å². The summed E-state index contributed by atoms with van der Waals surface area (Å²) in [6, 6.07) is 12.2. The fourth-order valence-corrected chi connectivity index (χ4v) is 2.40. The second kappa shape index (κ2) is 5.82. The first-order valence-corrected chi connectivity index (χ1v) is 7.50. The van der Waals surface area contributed by atoms with Crippen molar-refractivity contribution in [2.24, 2.45) is 0 Å². The Morgan fingerprint density at radius 2 is 1.83 bits per heavy atom. The van der Waals surface area contributed by atoms with E-state index < -0.39 is 0 Å². The van der Waals surface area contributed by atoms with Crippen LogP contribution in [0.3, 0.4) is 0 Å². The first kappa shape index (κ1) is 14.5. The summed E-state index contributed by atoms with van der Waals surface area (Å²) < 4.78 is 5.68. The summed E-state index contributed by atoms with van der Waals surface area (Å²) in [6.45, 7) is 0. The molecule has 7 heteroatoms. The summed E-state index contributed by atoms with van der Waals surface area (Å²) in [6.07, 6.45) is 3.20. The molecule has 0 amide bonds. The average Bonchev–Trinajstić information content (AvgIpc) is 3.03. The number of nitrogens with zero attached hydrogens (tertiary/aromatic N) is 3. The van der Waals surface area contributed by atoms with Crippen molar-refractivity contribution in [1.82, 2.24) is 15.0 Å². The van der Waals surface area contributed by atoms with E-state index in [1.165, 1.54) is 6.07 Å². The maximum Gasteiger partial charge on any atom is 0.230 e. The van der Waals surface area contributed by atoms with Gasteiger partial charge in [0.2, 0.25) is 11.8 Å². The molecule has 2 aromatic carbocycles. The van der Waals surface area contributed by atoms with Crippen LogP contribution in [0.2, 0.25) is 5.02 Å². The normalized spacial score (nSPS) is 10.9.